The Labute approximate surface area is 241 Å². The number of anilines is 1. The van der Waals surface area contributed by atoms with E-state index in [-0.39, 0.29) is 84.8 Å². The second-order valence-electron chi connectivity index (χ2n) is 9.72. The summed E-state index contributed by atoms with van der Waals surface area (Å²) in [4.78, 5) is 68.2. The first-order valence-electron chi connectivity index (χ1n) is 13.2. The maximum atomic E-state index is 12.6. The molecule has 1 amide bonds. The quantitative estimate of drug-likeness (QED) is 0.118. The van der Waals surface area contributed by atoms with Crippen molar-refractivity contribution in [3.63, 3.8) is 0 Å². The number of nitrogens with one attached hydrogen (secondary N) is 1. The van der Waals surface area contributed by atoms with E-state index >= 15 is 0 Å². The average Bonchev–Trinajstić information content (AvgIpc) is 2.90. The third-order valence-corrected chi connectivity index (χ3v) is 6.63. The van der Waals surface area contributed by atoms with Crippen molar-refractivity contribution in [2.45, 2.75) is 18.9 Å². The first-order chi connectivity index (χ1) is 20.0. The molecular weight excluding hydrogens is 556 g/mol. The Morgan fingerprint density at radius 3 is 1.57 bits per heavy atom. The molecule has 1 aromatic carbocycles. The Bertz CT molecular complexity index is 1110. The lowest BCUT2D eigenvalue weighted by molar-refractivity contribution is -0.145. The summed E-state index contributed by atoms with van der Waals surface area (Å²) in [6.07, 6.45) is -0.213. The minimum atomic E-state index is -1.18. The van der Waals surface area contributed by atoms with E-state index in [0.29, 0.717) is 11.4 Å². The van der Waals surface area contributed by atoms with Crippen molar-refractivity contribution in [1.29, 1.82) is 0 Å². The van der Waals surface area contributed by atoms with Crippen LogP contribution in [0.15, 0.2) is 29.4 Å². The van der Waals surface area contributed by atoms with Crippen LogP contribution in [0.2, 0.25) is 0 Å². The van der Waals surface area contributed by atoms with Crippen LogP contribution < -0.4 is 5.32 Å². The Morgan fingerprint density at radius 2 is 1.19 bits per heavy atom. The highest BCUT2D eigenvalue weighted by Gasteiger charge is 2.28. The zero-order valence-corrected chi connectivity index (χ0v) is 23.0. The van der Waals surface area contributed by atoms with Crippen molar-refractivity contribution in [3.8, 4) is 0 Å². The molecule has 1 heterocycles. The number of carbonyl (C=O) groups is 5. The predicted octanol–water partition coefficient (Wildman–Crippen LogP) is 0.276. The van der Waals surface area contributed by atoms with Gasteiger partial charge in [0.1, 0.15) is 6.04 Å². The van der Waals surface area contributed by atoms with E-state index in [9.17, 15) is 44.4 Å². The summed E-state index contributed by atoms with van der Waals surface area (Å²) in [5.41, 5.74) is 9.29. The van der Waals surface area contributed by atoms with Gasteiger partial charge in [0.15, 0.2) is 0 Å². The zero-order chi connectivity index (χ0) is 31.1. The minimum Gasteiger partial charge on any atom is -0.480 e. The summed E-state index contributed by atoms with van der Waals surface area (Å²) in [6.45, 7) is 0.403. The summed E-state index contributed by atoms with van der Waals surface area (Å²) in [5, 5.41) is 44.2. The van der Waals surface area contributed by atoms with Gasteiger partial charge < -0.3 is 25.7 Å². The lowest BCUT2D eigenvalue weighted by atomic mass is 10.1. The molecule has 1 atom stereocenters. The molecule has 230 valence electrons. The molecule has 0 radical (unpaired) electrons. The van der Waals surface area contributed by atoms with Crippen LogP contribution in [-0.2, 0) is 24.0 Å². The van der Waals surface area contributed by atoms with E-state index in [1.54, 1.807) is 31.7 Å². The maximum Gasteiger partial charge on any atom is 0.320 e. The van der Waals surface area contributed by atoms with Crippen molar-refractivity contribution < 1.29 is 44.4 Å². The number of amides is 1. The summed E-state index contributed by atoms with van der Waals surface area (Å²) in [6, 6.07) is 4.99. The van der Waals surface area contributed by atoms with Gasteiger partial charge in [-0.25, -0.2) is 0 Å². The molecule has 1 saturated heterocycles. The molecule has 5 N–H and O–H groups in total. The van der Waals surface area contributed by atoms with Crippen LogP contribution in [-0.4, -0.2) is 148 Å². The van der Waals surface area contributed by atoms with E-state index in [0.717, 1.165) is 0 Å². The summed E-state index contributed by atoms with van der Waals surface area (Å²) >= 11 is 0. The fraction of sp³-hybridized carbons (Fsp3) is 0.560. The van der Waals surface area contributed by atoms with E-state index < -0.39 is 35.8 Å². The smallest absolute Gasteiger partial charge is 0.320 e. The lowest BCUT2D eigenvalue weighted by Crippen LogP contribution is -2.52. The van der Waals surface area contributed by atoms with Crippen molar-refractivity contribution in [3.05, 3.63) is 34.7 Å². The number of benzene rings is 1. The van der Waals surface area contributed by atoms with Gasteiger partial charge in [-0.1, -0.05) is 17.2 Å². The number of hydrogen-bond donors (Lipinski definition) is 5. The Balaban J connectivity index is 2.18. The van der Waals surface area contributed by atoms with E-state index in [1.165, 1.54) is 12.1 Å². The number of carbonyl (C=O) groups excluding carboxylic acids is 1. The first kappa shape index (κ1) is 33.9. The van der Waals surface area contributed by atoms with Crippen LogP contribution in [0.5, 0.6) is 0 Å². The van der Waals surface area contributed by atoms with Gasteiger partial charge in [0, 0.05) is 75.1 Å². The standard InChI is InChI=1S/C25H36N8O9/c26-29-28-19-3-1-18(2-4-19)27-21(34)6-5-20(25(41)42)33-13-11-31(16-23(37)38)9-7-30(15-22(35)36)8-10-32(12-14-33)17-24(39)40/h1-4,20H,5-17H2,(H,27,34)(H,35,36)(H,37,38)(H,39,40)(H,41,42). The Morgan fingerprint density at radius 1 is 0.762 bits per heavy atom. The fourth-order valence-corrected chi connectivity index (χ4v) is 4.53. The van der Waals surface area contributed by atoms with Crippen molar-refractivity contribution in [1.82, 2.24) is 19.6 Å². The lowest BCUT2D eigenvalue weighted by Gasteiger charge is -2.35. The summed E-state index contributed by atoms with van der Waals surface area (Å²) in [7, 11) is 0. The second-order valence-corrected chi connectivity index (χ2v) is 9.72. The third kappa shape index (κ3) is 12.9. The SMILES string of the molecule is [N-]=[N+]=Nc1ccc(NC(=O)CCC(C(=O)O)N2CCN(CC(=O)O)CCN(CC(=O)O)CCN(CC(=O)O)CC2)cc1. The van der Waals surface area contributed by atoms with Crippen LogP contribution in [0.1, 0.15) is 12.8 Å². The van der Waals surface area contributed by atoms with Gasteiger partial charge in [0.05, 0.1) is 19.6 Å². The summed E-state index contributed by atoms with van der Waals surface area (Å²) < 4.78 is 0. The normalized spacial score (nSPS) is 17.1. The van der Waals surface area contributed by atoms with Gasteiger partial charge in [-0.15, -0.1) is 0 Å². The highest BCUT2D eigenvalue weighted by molar-refractivity contribution is 5.91. The molecule has 42 heavy (non-hydrogen) atoms. The molecule has 1 unspecified atom stereocenters. The van der Waals surface area contributed by atoms with Gasteiger partial charge in [0.2, 0.25) is 5.91 Å². The van der Waals surface area contributed by atoms with E-state index in [4.69, 9.17) is 5.53 Å². The van der Waals surface area contributed by atoms with Crippen molar-refractivity contribution in [2.75, 3.05) is 77.3 Å². The number of nitrogens with zero attached hydrogens (tertiary/aromatic N) is 7. The van der Waals surface area contributed by atoms with Crippen LogP contribution in [0.4, 0.5) is 11.4 Å². The van der Waals surface area contributed by atoms with Crippen molar-refractivity contribution in [2.24, 2.45) is 5.11 Å². The molecular formula is C25H36N8O9. The number of azide groups is 1. The second kappa shape index (κ2) is 17.5. The van der Waals surface area contributed by atoms with Gasteiger partial charge >= 0.3 is 23.9 Å². The molecule has 0 spiro atoms. The number of rotatable bonds is 13. The maximum absolute atomic E-state index is 12.6. The predicted molar refractivity (Wildman–Crippen MR) is 148 cm³/mol. The van der Waals surface area contributed by atoms with Gasteiger partial charge in [-0.2, -0.15) is 0 Å². The van der Waals surface area contributed by atoms with Crippen LogP contribution in [0.3, 0.4) is 0 Å². The monoisotopic (exact) mass is 592 g/mol. The van der Waals surface area contributed by atoms with Crippen molar-refractivity contribution >= 4 is 41.2 Å². The molecule has 17 heteroatoms. The molecule has 1 aliphatic rings. The Kier molecular flexibility index (Phi) is 14.1. The molecule has 1 aromatic rings. The zero-order valence-electron chi connectivity index (χ0n) is 23.0. The van der Waals surface area contributed by atoms with Crippen LogP contribution in [0, 0.1) is 0 Å². The molecule has 0 bridgehead atoms. The molecule has 0 aliphatic carbocycles. The molecule has 1 fully saturated rings. The molecule has 0 aromatic heterocycles. The van der Waals surface area contributed by atoms with Gasteiger partial charge in [0.25, 0.3) is 0 Å². The number of carboxylic acids is 4. The van der Waals surface area contributed by atoms with Gasteiger partial charge in [-0.3, -0.25) is 43.6 Å². The van der Waals surface area contributed by atoms with Crippen LogP contribution in [0.25, 0.3) is 10.4 Å². The highest BCUT2D eigenvalue weighted by atomic mass is 16.4. The van der Waals surface area contributed by atoms with E-state index in [1.807, 2.05) is 0 Å². The topological polar surface area (TPSA) is 240 Å². The number of hydrogen-bond acceptors (Lipinski definition) is 10. The molecule has 17 nitrogen and oxygen atoms in total. The highest BCUT2D eigenvalue weighted by Crippen LogP contribution is 2.17. The molecule has 0 saturated carbocycles. The van der Waals surface area contributed by atoms with E-state index in [2.05, 4.69) is 15.3 Å². The third-order valence-electron chi connectivity index (χ3n) is 6.63. The minimum absolute atomic E-state index is 0.0672. The average molecular weight is 593 g/mol. The Hall–Kier alpha value is -4.28. The first-order valence-corrected chi connectivity index (χ1v) is 13.2. The largest absolute Gasteiger partial charge is 0.480 e. The number of carboxylic acid groups (broad SMARTS) is 4. The summed E-state index contributed by atoms with van der Waals surface area (Å²) in [5.74, 6) is -4.88. The number of aliphatic carboxylic acids is 4. The molecule has 2 rings (SSSR count). The molecule has 1 aliphatic heterocycles. The fourth-order valence-electron chi connectivity index (χ4n) is 4.53. The van der Waals surface area contributed by atoms with Crippen LogP contribution >= 0.6 is 0 Å². The van der Waals surface area contributed by atoms with Gasteiger partial charge in [-0.05, 0) is 24.1 Å².